The molecule has 0 amide bonds. The van der Waals surface area contributed by atoms with Crippen LogP contribution in [0.2, 0.25) is 0 Å². The average Bonchev–Trinajstić information content (AvgIpc) is 3.16. The number of nitrogens with two attached hydrogens (primary N) is 1. The summed E-state index contributed by atoms with van der Waals surface area (Å²) in [6.45, 7) is 0. The Morgan fingerprint density at radius 2 is 1.72 bits per heavy atom. The number of aromatic nitrogens is 1. The molecule has 0 radical (unpaired) electrons. The van der Waals surface area contributed by atoms with E-state index in [0.717, 1.165) is 23.1 Å². The van der Waals surface area contributed by atoms with Crippen LogP contribution in [-0.2, 0) is 6.42 Å². The first-order valence-corrected chi connectivity index (χ1v) is 8.28. The maximum absolute atomic E-state index is 9.71. The van der Waals surface area contributed by atoms with Gasteiger partial charge in [-0.3, -0.25) is 0 Å². The van der Waals surface area contributed by atoms with Gasteiger partial charge in [0.25, 0.3) is 0 Å². The summed E-state index contributed by atoms with van der Waals surface area (Å²) in [5.41, 5.74) is 14.9. The van der Waals surface area contributed by atoms with Crippen molar-refractivity contribution in [1.29, 1.82) is 5.26 Å². The lowest BCUT2D eigenvalue weighted by atomic mass is 9.98. The van der Waals surface area contributed by atoms with Gasteiger partial charge in [-0.1, -0.05) is 48.5 Å². The molecule has 4 aromatic rings. The number of hydrogen-bond donors (Lipinski definition) is 1. The van der Waals surface area contributed by atoms with Gasteiger partial charge in [0.1, 0.15) is 11.9 Å². The Kier molecular flexibility index (Phi) is 2.77. The second-order valence-electron chi connectivity index (χ2n) is 6.41. The molecule has 1 aliphatic rings. The predicted molar refractivity (Wildman–Crippen MR) is 100 cm³/mol. The maximum atomic E-state index is 9.71. The van der Waals surface area contributed by atoms with Crippen LogP contribution in [-0.4, -0.2) is 4.40 Å². The zero-order chi connectivity index (χ0) is 17.0. The normalized spacial score (nSPS) is 12.0. The van der Waals surface area contributed by atoms with E-state index in [2.05, 4.69) is 48.5 Å². The SMILES string of the molecule is N#Cc1c(-c2ccc3c(c2)Cc2ccccc2-3)c(N)n2ccccc12. The summed E-state index contributed by atoms with van der Waals surface area (Å²) >= 11 is 0. The van der Waals surface area contributed by atoms with Crippen molar-refractivity contribution in [2.45, 2.75) is 6.42 Å². The number of hydrogen-bond acceptors (Lipinski definition) is 2. The second-order valence-corrected chi connectivity index (χ2v) is 6.41. The van der Waals surface area contributed by atoms with E-state index in [1.165, 1.54) is 22.3 Å². The summed E-state index contributed by atoms with van der Waals surface area (Å²) in [6.07, 6.45) is 2.83. The van der Waals surface area contributed by atoms with E-state index >= 15 is 0 Å². The number of anilines is 1. The van der Waals surface area contributed by atoms with E-state index in [4.69, 9.17) is 5.73 Å². The highest BCUT2D eigenvalue weighted by molar-refractivity contribution is 5.91. The smallest absolute Gasteiger partial charge is 0.117 e. The molecule has 2 aromatic heterocycles. The number of benzene rings is 2. The van der Waals surface area contributed by atoms with Crippen LogP contribution >= 0.6 is 0 Å². The van der Waals surface area contributed by atoms with Gasteiger partial charge in [0, 0.05) is 11.8 Å². The van der Waals surface area contributed by atoms with Gasteiger partial charge in [0.05, 0.1) is 11.1 Å². The standard InChI is InChI=1S/C22H15N3/c23-13-19-20-7-3-4-10-25(20)22(24)21(19)15-8-9-18-16(12-15)11-14-5-1-2-6-17(14)18/h1-10,12H,11,24H2. The Hall–Kier alpha value is -3.51. The number of nitriles is 1. The van der Waals surface area contributed by atoms with Crippen molar-refractivity contribution in [1.82, 2.24) is 4.40 Å². The van der Waals surface area contributed by atoms with Crippen LogP contribution in [0.1, 0.15) is 16.7 Å². The van der Waals surface area contributed by atoms with Crippen molar-refractivity contribution in [3.8, 4) is 28.3 Å². The summed E-state index contributed by atoms with van der Waals surface area (Å²) in [6, 6.07) is 23.0. The van der Waals surface area contributed by atoms with Gasteiger partial charge < -0.3 is 10.1 Å². The average molecular weight is 321 g/mol. The van der Waals surface area contributed by atoms with Crippen molar-refractivity contribution in [3.05, 3.63) is 83.6 Å². The van der Waals surface area contributed by atoms with E-state index in [1.54, 1.807) is 0 Å². The molecule has 0 spiro atoms. The van der Waals surface area contributed by atoms with Crippen molar-refractivity contribution in [2.24, 2.45) is 0 Å². The fraction of sp³-hybridized carbons (Fsp3) is 0.0455. The first kappa shape index (κ1) is 13.9. The molecular weight excluding hydrogens is 306 g/mol. The second kappa shape index (κ2) is 4.99. The van der Waals surface area contributed by atoms with Crippen molar-refractivity contribution in [2.75, 3.05) is 5.73 Å². The number of fused-ring (bicyclic) bond motifs is 4. The topological polar surface area (TPSA) is 54.2 Å². The molecule has 0 unspecified atom stereocenters. The fourth-order valence-corrected chi connectivity index (χ4v) is 3.94. The Bertz CT molecular complexity index is 1190. The van der Waals surface area contributed by atoms with Gasteiger partial charge in [-0.25, -0.2) is 0 Å². The highest BCUT2D eigenvalue weighted by Crippen LogP contribution is 2.41. The van der Waals surface area contributed by atoms with Gasteiger partial charge >= 0.3 is 0 Å². The van der Waals surface area contributed by atoms with Crippen LogP contribution in [0.4, 0.5) is 5.82 Å². The third-order valence-corrected chi connectivity index (χ3v) is 5.08. The molecule has 118 valence electrons. The molecule has 2 heterocycles. The third kappa shape index (κ3) is 1.85. The van der Waals surface area contributed by atoms with Crippen LogP contribution < -0.4 is 5.73 Å². The van der Waals surface area contributed by atoms with E-state index in [0.29, 0.717) is 11.4 Å². The molecule has 5 rings (SSSR count). The summed E-state index contributed by atoms with van der Waals surface area (Å²) < 4.78 is 1.88. The Morgan fingerprint density at radius 1 is 0.920 bits per heavy atom. The number of pyridine rings is 1. The molecule has 0 saturated heterocycles. The highest BCUT2D eigenvalue weighted by atomic mass is 15.0. The summed E-state index contributed by atoms with van der Waals surface area (Å²) in [5, 5.41) is 9.71. The van der Waals surface area contributed by atoms with E-state index in [-0.39, 0.29) is 0 Å². The van der Waals surface area contributed by atoms with Crippen LogP contribution in [0, 0.1) is 11.3 Å². The minimum Gasteiger partial charge on any atom is -0.384 e. The molecule has 0 atom stereocenters. The lowest BCUT2D eigenvalue weighted by molar-refractivity contribution is 1.21. The van der Waals surface area contributed by atoms with E-state index in [9.17, 15) is 5.26 Å². The van der Waals surface area contributed by atoms with Crippen molar-refractivity contribution >= 4 is 11.3 Å². The summed E-state index contributed by atoms with van der Waals surface area (Å²) in [5.74, 6) is 0.614. The lowest BCUT2D eigenvalue weighted by Gasteiger charge is -2.06. The quantitative estimate of drug-likeness (QED) is 0.489. The van der Waals surface area contributed by atoms with E-state index in [1.807, 2.05) is 28.8 Å². The number of rotatable bonds is 1. The largest absolute Gasteiger partial charge is 0.384 e. The highest BCUT2D eigenvalue weighted by Gasteiger charge is 2.22. The van der Waals surface area contributed by atoms with Crippen LogP contribution in [0.3, 0.4) is 0 Å². The molecule has 0 fully saturated rings. The Labute approximate surface area is 145 Å². The van der Waals surface area contributed by atoms with Crippen LogP contribution in [0.15, 0.2) is 66.9 Å². The van der Waals surface area contributed by atoms with Gasteiger partial charge in [-0.15, -0.1) is 0 Å². The van der Waals surface area contributed by atoms with Crippen LogP contribution in [0.25, 0.3) is 27.8 Å². The zero-order valence-electron chi connectivity index (χ0n) is 13.5. The first-order chi connectivity index (χ1) is 12.3. The van der Waals surface area contributed by atoms with Gasteiger partial charge in [0.2, 0.25) is 0 Å². The minimum atomic E-state index is 0.614. The number of nitrogens with zero attached hydrogens (tertiary/aromatic N) is 2. The molecular formula is C22H15N3. The third-order valence-electron chi connectivity index (χ3n) is 5.08. The molecule has 0 bridgehead atoms. The van der Waals surface area contributed by atoms with Crippen molar-refractivity contribution in [3.63, 3.8) is 0 Å². The molecule has 0 aliphatic heterocycles. The zero-order valence-corrected chi connectivity index (χ0v) is 13.5. The Morgan fingerprint density at radius 3 is 2.60 bits per heavy atom. The summed E-state index contributed by atoms with van der Waals surface area (Å²) in [7, 11) is 0. The summed E-state index contributed by atoms with van der Waals surface area (Å²) in [4.78, 5) is 0. The number of nitrogen functional groups attached to an aromatic ring is 1. The minimum absolute atomic E-state index is 0.614. The van der Waals surface area contributed by atoms with E-state index < -0.39 is 0 Å². The molecule has 3 heteroatoms. The molecule has 1 aliphatic carbocycles. The van der Waals surface area contributed by atoms with Gasteiger partial charge in [0.15, 0.2) is 0 Å². The fourth-order valence-electron chi connectivity index (χ4n) is 3.94. The molecule has 3 nitrogen and oxygen atoms in total. The van der Waals surface area contributed by atoms with Gasteiger partial charge in [-0.05, 0) is 46.4 Å². The predicted octanol–water partition coefficient (Wildman–Crippen LogP) is 4.63. The van der Waals surface area contributed by atoms with Crippen LogP contribution in [0.5, 0.6) is 0 Å². The lowest BCUT2D eigenvalue weighted by Crippen LogP contribution is -1.94. The molecule has 0 saturated carbocycles. The monoisotopic (exact) mass is 321 g/mol. The van der Waals surface area contributed by atoms with Gasteiger partial charge in [-0.2, -0.15) is 5.26 Å². The molecule has 2 N–H and O–H groups in total. The Balaban J connectivity index is 1.74. The molecule has 2 aromatic carbocycles. The molecule has 25 heavy (non-hydrogen) atoms. The first-order valence-electron chi connectivity index (χ1n) is 8.28. The maximum Gasteiger partial charge on any atom is 0.117 e. The van der Waals surface area contributed by atoms with Crippen molar-refractivity contribution < 1.29 is 0 Å².